The third kappa shape index (κ3) is 3.37. The van der Waals surface area contributed by atoms with Crippen LogP contribution in [0, 0.1) is 0 Å². The summed E-state index contributed by atoms with van der Waals surface area (Å²) in [6.45, 7) is 4.08. The minimum atomic E-state index is -0.372. The van der Waals surface area contributed by atoms with Crippen molar-refractivity contribution in [1.82, 2.24) is 29.7 Å². The van der Waals surface area contributed by atoms with E-state index in [2.05, 4.69) is 30.5 Å². The van der Waals surface area contributed by atoms with Gasteiger partial charge in [0.15, 0.2) is 5.82 Å². The van der Waals surface area contributed by atoms with Crippen LogP contribution in [0.5, 0.6) is 0 Å². The highest BCUT2D eigenvalue weighted by Gasteiger charge is 2.14. The first-order valence-electron chi connectivity index (χ1n) is 8.52. The molecule has 4 aromatic rings. The Morgan fingerprint density at radius 1 is 1.04 bits per heavy atom. The Hall–Kier alpha value is -3.68. The molecule has 0 atom stereocenters. The van der Waals surface area contributed by atoms with Gasteiger partial charge in [-0.05, 0) is 38.1 Å². The monoisotopic (exact) mass is 359 g/mol. The number of anilines is 1. The standard InChI is InChI=1S/C19H17N7O/c1-12(2)26-11-21-25-18(26)15-8-5-9-17(23-15)24-19(27)16-10-20-13-6-3-4-7-14(13)22-16/h3-12H,1-2H3,(H,23,24,27). The third-order valence-electron chi connectivity index (χ3n) is 4.03. The minimum absolute atomic E-state index is 0.197. The van der Waals surface area contributed by atoms with E-state index in [1.807, 2.05) is 54.8 Å². The SMILES string of the molecule is CC(C)n1cnnc1-c1cccc(NC(=O)c2cnc3ccccc3n2)n1. The number of nitrogens with zero attached hydrogens (tertiary/aromatic N) is 6. The molecule has 0 unspecified atom stereocenters. The maximum absolute atomic E-state index is 12.5. The fourth-order valence-corrected chi connectivity index (χ4v) is 2.68. The zero-order chi connectivity index (χ0) is 18.8. The van der Waals surface area contributed by atoms with Gasteiger partial charge in [-0.1, -0.05) is 18.2 Å². The summed E-state index contributed by atoms with van der Waals surface area (Å²) >= 11 is 0. The van der Waals surface area contributed by atoms with Crippen LogP contribution >= 0.6 is 0 Å². The summed E-state index contributed by atoms with van der Waals surface area (Å²) in [5.41, 5.74) is 2.26. The fraction of sp³-hybridized carbons (Fsp3) is 0.158. The first-order chi connectivity index (χ1) is 13.1. The van der Waals surface area contributed by atoms with E-state index in [9.17, 15) is 4.79 Å². The van der Waals surface area contributed by atoms with Gasteiger partial charge in [0, 0.05) is 6.04 Å². The second-order valence-electron chi connectivity index (χ2n) is 6.26. The number of para-hydroxylation sites is 2. The van der Waals surface area contributed by atoms with Gasteiger partial charge < -0.3 is 9.88 Å². The van der Waals surface area contributed by atoms with Crippen molar-refractivity contribution in [3.63, 3.8) is 0 Å². The highest BCUT2D eigenvalue weighted by molar-refractivity contribution is 6.03. The van der Waals surface area contributed by atoms with Gasteiger partial charge in [0.25, 0.3) is 5.91 Å². The second-order valence-corrected chi connectivity index (χ2v) is 6.26. The van der Waals surface area contributed by atoms with Gasteiger partial charge >= 0.3 is 0 Å². The molecule has 0 bridgehead atoms. The van der Waals surface area contributed by atoms with Crippen molar-refractivity contribution in [3.8, 4) is 11.5 Å². The average Bonchev–Trinajstić information content (AvgIpc) is 3.18. The van der Waals surface area contributed by atoms with E-state index in [4.69, 9.17) is 0 Å². The van der Waals surface area contributed by atoms with E-state index in [-0.39, 0.29) is 17.6 Å². The van der Waals surface area contributed by atoms with Gasteiger partial charge in [0.2, 0.25) is 0 Å². The van der Waals surface area contributed by atoms with Gasteiger partial charge in [-0.2, -0.15) is 0 Å². The lowest BCUT2D eigenvalue weighted by Crippen LogP contribution is -2.15. The molecule has 3 aromatic heterocycles. The molecule has 0 saturated carbocycles. The van der Waals surface area contributed by atoms with Crippen LogP contribution in [0.3, 0.4) is 0 Å². The van der Waals surface area contributed by atoms with Crippen LogP contribution in [0.4, 0.5) is 5.82 Å². The van der Waals surface area contributed by atoms with Gasteiger partial charge in [0.1, 0.15) is 23.5 Å². The molecule has 4 rings (SSSR count). The average molecular weight is 359 g/mol. The summed E-state index contributed by atoms with van der Waals surface area (Å²) in [5.74, 6) is 0.681. The Balaban J connectivity index is 1.60. The van der Waals surface area contributed by atoms with Crippen LogP contribution in [0.2, 0.25) is 0 Å². The van der Waals surface area contributed by atoms with Crippen LogP contribution < -0.4 is 5.32 Å². The van der Waals surface area contributed by atoms with E-state index in [1.54, 1.807) is 12.4 Å². The lowest BCUT2D eigenvalue weighted by Gasteiger charge is -2.10. The predicted molar refractivity (Wildman–Crippen MR) is 101 cm³/mol. The quantitative estimate of drug-likeness (QED) is 0.601. The number of rotatable bonds is 4. The van der Waals surface area contributed by atoms with Crippen LogP contribution in [-0.4, -0.2) is 35.6 Å². The van der Waals surface area contributed by atoms with Crippen LogP contribution in [-0.2, 0) is 0 Å². The number of fused-ring (bicyclic) bond motifs is 1. The van der Waals surface area contributed by atoms with Crippen molar-refractivity contribution < 1.29 is 4.79 Å². The topological polar surface area (TPSA) is 98.5 Å². The normalized spacial score (nSPS) is 11.1. The summed E-state index contributed by atoms with van der Waals surface area (Å²) in [6, 6.07) is 12.9. The molecule has 27 heavy (non-hydrogen) atoms. The molecule has 0 saturated heterocycles. The second kappa shape index (κ2) is 6.91. The molecule has 1 amide bonds. The number of nitrogens with one attached hydrogen (secondary N) is 1. The molecule has 0 fully saturated rings. The molecule has 8 nitrogen and oxygen atoms in total. The maximum Gasteiger partial charge on any atom is 0.277 e. The molecular formula is C19H17N7O. The Morgan fingerprint density at radius 2 is 1.85 bits per heavy atom. The van der Waals surface area contributed by atoms with Crippen molar-refractivity contribution in [2.45, 2.75) is 19.9 Å². The molecule has 0 aliphatic carbocycles. The number of carbonyl (C=O) groups is 1. The van der Waals surface area contributed by atoms with E-state index in [0.717, 1.165) is 5.52 Å². The molecule has 3 heterocycles. The zero-order valence-corrected chi connectivity index (χ0v) is 14.9. The molecule has 0 spiro atoms. The maximum atomic E-state index is 12.5. The Bertz CT molecular complexity index is 1120. The molecule has 0 aliphatic rings. The first kappa shape index (κ1) is 16.8. The van der Waals surface area contributed by atoms with Gasteiger partial charge in [-0.3, -0.25) is 9.78 Å². The zero-order valence-electron chi connectivity index (χ0n) is 14.9. The van der Waals surface area contributed by atoms with Crippen molar-refractivity contribution in [2.24, 2.45) is 0 Å². The molecular weight excluding hydrogens is 342 g/mol. The van der Waals surface area contributed by atoms with Crippen molar-refractivity contribution in [1.29, 1.82) is 0 Å². The number of amides is 1. The summed E-state index contributed by atoms with van der Waals surface area (Å²) in [7, 11) is 0. The minimum Gasteiger partial charge on any atom is -0.310 e. The molecule has 8 heteroatoms. The largest absolute Gasteiger partial charge is 0.310 e. The van der Waals surface area contributed by atoms with Crippen molar-refractivity contribution >= 4 is 22.8 Å². The number of pyridine rings is 1. The number of carbonyl (C=O) groups excluding carboxylic acids is 1. The Labute approximate surface area is 155 Å². The predicted octanol–water partition coefficient (Wildman–Crippen LogP) is 3.12. The smallest absolute Gasteiger partial charge is 0.277 e. The van der Waals surface area contributed by atoms with Gasteiger partial charge in [-0.15, -0.1) is 10.2 Å². The lowest BCUT2D eigenvalue weighted by molar-refractivity contribution is 0.102. The number of hydrogen-bond acceptors (Lipinski definition) is 6. The highest BCUT2D eigenvalue weighted by atomic mass is 16.1. The number of benzene rings is 1. The third-order valence-corrected chi connectivity index (χ3v) is 4.03. The lowest BCUT2D eigenvalue weighted by atomic mass is 10.3. The van der Waals surface area contributed by atoms with E-state index >= 15 is 0 Å². The highest BCUT2D eigenvalue weighted by Crippen LogP contribution is 2.20. The van der Waals surface area contributed by atoms with Gasteiger partial charge in [-0.25, -0.2) is 9.97 Å². The van der Waals surface area contributed by atoms with E-state index in [1.165, 1.54) is 6.20 Å². The number of aromatic nitrogens is 6. The number of hydrogen-bond donors (Lipinski definition) is 1. The van der Waals surface area contributed by atoms with Crippen LogP contribution in [0.1, 0.15) is 30.4 Å². The van der Waals surface area contributed by atoms with Crippen LogP contribution in [0.15, 0.2) is 55.0 Å². The van der Waals surface area contributed by atoms with E-state index in [0.29, 0.717) is 22.9 Å². The molecule has 1 N–H and O–H groups in total. The molecule has 1 aromatic carbocycles. The van der Waals surface area contributed by atoms with Crippen molar-refractivity contribution in [3.05, 3.63) is 60.7 Å². The van der Waals surface area contributed by atoms with E-state index < -0.39 is 0 Å². The summed E-state index contributed by atoms with van der Waals surface area (Å²) < 4.78 is 1.92. The summed E-state index contributed by atoms with van der Waals surface area (Å²) in [5, 5.41) is 10.9. The van der Waals surface area contributed by atoms with Crippen LogP contribution in [0.25, 0.3) is 22.6 Å². The van der Waals surface area contributed by atoms with Gasteiger partial charge in [0.05, 0.1) is 17.2 Å². The fourth-order valence-electron chi connectivity index (χ4n) is 2.68. The molecule has 134 valence electrons. The molecule has 0 aliphatic heterocycles. The Kier molecular flexibility index (Phi) is 4.29. The van der Waals surface area contributed by atoms with Crippen molar-refractivity contribution in [2.75, 3.05) is 5.32 Å². The Morgan fingerprint density at radius 3 is 2.67 bits per heavy atom. The molecule has 0 radical (unpaired) electrons. The summed E-state index contributed by atoms with van der Waals surface area (Å²) in [6.07, 6.45) is 3.12. The summed E-state index contributed by atoms with van der Waals surface area (Å²) in [4.78, 5) is 25.6. The first-order valence-corrected chi connectivity index (χ1v) is 8.52.